The number of benzene rings is 2. The third-order valence-corrected chi connectivity index (χ3v) is 5.94. The minimum absolute atomic E-state index is 0.151. The molecule has 1 amide bonds. The number of amides is 1. The van der Waals surface area contributed by atoms with Crippen LogP contribution in [0, 0.1) is 12.8 Å². The molecule has 1 saturated heterocycles. The number of aryl methyl sites for hydroxylation is 1. The molecule has 0 spiro atoms. The normalized spacial score (nSPS) is 13.9. The first-order chi connectivity index (χ1) is 17.0. The molecule has 0 N–H and O–H groups in total. The monoisotopic (exact) mass is 475 g/mol. The maximum Gasteiger partial charge on any atom is 0.309 e. The van der Waals surface area contributed by atoms with Crippen molar-refractivity contribution in [1.82, 2.24) is 14.9 Å². The number of piperidine rings is 1. The molecule has 1 aliphatic rings. The number of hydrogen-bond acceptors (Lipinski definition) is 7. The van der Waals surface area contributed by atoms with Crippen LogP contribution in [0.2, 0.25) is 0 Å². The van der Waals surface area contributed by atoms with Crippen molar-refractivity contribution in [3.63, 3.8) is 0 Å². The highest BCUT2D eigenvalue weighted by Crippen LogP contribution is 2.34. The standard InChI is InChI=1S/C27H29N3O5/c1-4-34-27(32)20-12-14-30(15-13-20)26(31)21-17-28-24(19-8-6-5-7-9-19)29-25(21)35-22-11-10-18(2)16-23(22)33-3/h5-11,16-17,20H,4,12-15H2,1-3H3. The van der Waals surface area contributed by atoms with Crippen LogP contribution in [0.25, 0.3) is 11.4 Å². The molecule has 1 fully saturated rings. The minimum atomic E-state index is -0.243. The Morgan fingerprint density at radius 1 is 1.06 bits per heavy atom. The predicted molar refractivity (Wildman–Crippen MR) is 131 cm³/mol. The van der Waals surface area contributed by atoms with E-state index in [9.17, 15) is 9.59 Å². The number of rotatable bonds is 7. The Balaban J connectivity index is 1.63. The summed E-state index contributed by atoms with van der Waals surface area (Å²) in [4.78, 5) is 36.3. The molecule has 0 saturated carbocycles. The zero-order valence-electron chi connectivity index (χ0n) is 20.2. The van der Waals surface area contributed by atoms with Crippen molar-refractivity contribution in [3.8, 4) is 28.8 Å². The van der Waals surface area contributed by atoms with E-state index < -0.39 is 0 Å². The summed E-state index contributed by atoms with van der Waals surface area (Å²) in [5.41, 5.74) is 2.08. The molecular formula is C27H29N3O5. The van der Waals surface area contributed by atoms with Gasteiger partial charge in [-0.2, -0.15) is 4.98 Å². The second kappa shape index (κ2) is 11.0. The second-order valence-electron chi connectivity index (χ2n) is 8.35. The number of carbonyl (C=O) groups is 2. The van der Waals surface area contributed by atoms with Gasteiger partial charge in [-0.05, 0) is 44.4 Å². The number of hydrogen-bond donors (Lipinski definition) is 0. The summed E-state index contributed by atoms with van der Waals surface area (Å²) in [6.45, 7) is 4.98. The van der Waals surface area contributed by atoms with Gasteiger partial charge in [-0.25, -0.2) is 4.98 Å². The van der Waals surface area contributed by atoms with Crippen molar-refractivity contribution in [2.75, 3.05) is 26.8 Å². The molecule has 0 unspecified atom stereocenters. The minimum Gasteiger partial charge on any atom is -0.493 e. The Hall–Kier alpha value is -3.94. The van der Waals surface area contributed by atoms with Crippen molar-refractivity contribution in [2.45, 2.75) is 26.7 Å². The molecule has 0 aliphatic carbocycles. The van der Waals surface area contributed by atoms with Gasteiger partial charge in [0.25, 0.3) is 5.91 Å². The molecule has 182 valence electrons. The Labute approximate surface area is 204 Å². The van der Waals surface area contributed by atoms with E-state index in [4.69, 9.17) is 14.2 Å². The number of methoxy groups -OCH3 is 1. The molecule has 3 aromatic rings. The zero-order chi connectivity index (χ0) is 24.8. The molecule has 0 atom stereocenters. The molecule has 0 bridgehead atoms. The number of ether oxygens (including phenoxy) is 3. The van der Waals surface area contributed by atoms with Gasteiger partial charge < -0.3 is 19.1 Å². The molecule has 4 rings (SSSR count). The van der Waals surface area contributed by atoms with Crippen LogP contribution in [-0.2, 0) is 9.53 Å². The number of esters is 1. The van der Waals surface area contributed by atoms with Crippen LogP contribution in [0.15, 0.2) is 54.7 Å². The van der Waals surface area contributed by atoms with E-state index in [0.29, 0.717) is 49.9 Å². The van der Waals surface area contributed by atoms with E-state index in [-0.39, 0.29) is 29.2 Å². The molecule has 0 radical (unpaired) electrons. The van der Waals surface area contributed by atoms with Gasteiger partial charge >= 0.3 is 5.97 Å². The Morgan fingerprint density at radius 2 is 1.80 bits per heavy atom. The van der Waals surface area contributed by atoms with Crippen LogP contribution in [0.3, 0.4) is 0 Å². The van der Waals surface area contributed by atoms with Crippen molar-refractivity contribution in [2.24, 2.45) is 5.92 Å². The number of aromatic nitrogens is 2. The van der Waals surface area contributed by atoms with Crippen molar-refractivity contribution in [1.29, 1.82) is 0 Å². The van der Waals surface area contributed by atoms with Crippen molar-refractivity contribution >= 4 is 11.9 Å². The molecular weight excluding hydrogens is 446 g/mol. The van der Waals surface area contributed by atoms with Gasteiger partial charge in [-0.1, -0.05) is 36.4 Å². The summed E-state index contributed by atoms with van der Waals surface area (Å²) >= 11 is 0. The lowest BCUT2D eigenvalue weighted by Gasteiger charge is -2.31. The van der Waals surface area contributed by atoms with E-state index in [1.54, 1.807) is 25.0 Å². The lowest BCUT2D eigenvalue weighted by molar-refractivity contribution is -0.149. The number of nitrogens with zero attached hydrogens (tertiary/aromatic N) is 3. The van der Waals surface area contributed by atoms with E-state index in [1.807, 2.05) is 49.4 Å². The van der Waals surface area contributed by atoms with Crippen LogP contribution in [0.1, 0.15) is 35.7 Å². The highest BCUT2D eigenvalue weighted by atomic mass is 16.5. The first kappa shape index (κ1) is 24.2. The molecule has 2 aromatic carbocycles. The summed E-state index contributed by atoms with van der Waals surface area (Å²) in [5, 5.41) is 0. The summed E-state index contributed by atoms with van der Waals surface area (Å²) < 4.78 is 16.8. The van der Waals surface area contributed by atoms with E-state index in [0.717, 1.165) is 11.1 Å². The first-order valence-electron chi connectivity index (χ1n) is 11.7. The molecule has 8 nitrogen and oxygen atoms in total. The zero-order valence-corrected chi connectivity index (χ0v) is 20.2. The first-order valence-corrected chi connectivity index (χ1v) is 11.7. The SMILES string of the molecule is CCOC(=O)C1CCN(C(=O)c2cnc(-c3ccccc3)nc2Oc2ccc(C)cc2OC)CC1. The van der Waals surface area contributed by atoms with Gasteiger partial charge in [0.1, 0.15) is 5.56 Å². The summed E-state index contributed by atoms with van der Waals surface area (Å²) in [6.07, 6.45) is 2.61. The lowest BCUT2D eigenvalue weighted by Crippen LogP contribution is -2.40. The number of carbonyl (C=O) groups excluding carboxylic acids is 2. The third kappa shape index (κ3) is 5.59. The quantitative estimate of drug-likeness (QED) is 0.459. The smallest absolute Gasteiger partial charge is 0.309 e. The largest absolute Gasteiger partial charge is 0.493 e. The fraction of sp³-hybridized carbons (Fsp3) is 0.333. The second-order valence-corrected chi connectivity index (χ2v) is 8.35. The molecule has 35 heavy (non-hydrogen) atoms. The third-order valence-electron chi connectivity index (χ3n) is 5.94. The van der Waals surface area contributed by atoms with Crippen molar-refractivity contribution < 1.29 is 23.8 Å². The van der Waals surface area contributed by atoms with Gasteiger partial charge in [-0.3, -0.25) is 9.59 Å². The molecule has 2 heterocycles. The van der Waals surface area contributed by atoms with Crippen LogP contribution >= 0.6 is 0 Å². The average molecular weight is 476 g/mol. The Bertz CT molecular complexity index is 1190. The van der Waals surface area contributed by atoms with Gasteiger partial charge in [0, 0.05) is 24.8 Å². The lowest BCUT2D eigenvalue weighted by atomic mass is 9.96. The average Bonchev–Trinajstić information content (AvgIpc) is 2.90. The Morgan fingerprint density at radius 3 is 2.49 bits per heavy atom. The summed E-state index contributed by atoms with van der Waals surface area (Å²) in [6, 6.07) is 15.0. The van der Waals surface area contributed by atoms with E-state index in [2.05, 4.69) is 9.97 Å². The van der Waals surface area contributed by atoms with Crippen LogP contribution < -0.4 is 9.47 Å². The van der Waals surface area contributed by atoms with Crippen LogP contribution in [0.4, 0.5) is 0 Å². The van der Waals surface area contributed by atoms with Gasteiger partial charge in [0.15, 0.2) is 17.3 Å². The van der Waals surface area contributed by atoms with E-state index in [1.165, 1.54) is 6.20 Å². The molecule has 1 aromatic heterocycles. The Kier molecular flexibility index (Phi) is 7.60. The highest BCUT2D eigenvalue weighted by molar-refractivity contribution is 5.96. The number of likely N-dealkylation sites (tertiary alicyclic amines) is 1. The highest BCUT2D eigenvalue weighted by Gasteiger charge is 2.30. The van der Waals surface area contributed by atoms with Gasteiger partial charge in [-0.15, -0.1) is 0 Å². The maximum atomic E-state index is 13.5. The maximum absolute atomic E-state index is 13.5. The molecule has 8 heteroatoms. The van der Waals surface area contributed by atoms with Gasteiger partial charge in [0.2, 0.25) is 5.88 Å². The van der Waals surface area contributed by atoms with E-state index >= 15 is 0 Å². The fourth-order valence-corrected chi connectivity index (χ4v) is 4.03. The van der Waals surface area contributed by atoms with Crippen LogP contribution in [-0.4, -0.2) is 53.6 Å². The van der Waals surface area contributed by atoms with Crippen LogP contribution in [0.5, 0.6) is 17.4 Å². The van der Waals surface area contributed by atoms with Gasteiger partial charge in [0.05, 0.1) is 19.6 Å². The predicted octanol–water partition coefficient (Wildman–Crippen LogP) is 4.67. The van der Waals surface area contributed by atoms with Crippen molar-refractivity contribution in [3.05, 3.63) is 65.9 Å². The summed E-state index contributed by atoms with van der Waals surface area (Å²) in [7, 11) is 1.57. The fourth-order valence-electron chi connectivity index (χ4n) is 4.03. The topological polar surface area (TPSA) is 90.9 Å². The molecule has 1 aliphatic heterocycles. The summed E-state index contributed by atoms with van der Waals surface area (Å²) in [5.74, 6) is 0.953.